The number of hydrogen-bond acceptors (Lipinski definition) is 5. The maximum absolute atomic E-state index is 10.7. The van der Waals surface area contributed by atoms with Crippen molar-refractivity contribution in [2.75, 3.05) is 24.7 Å². The molecule has 1 saturated heterocycles. The molecular formula is C12H15BrN2O4. The Hall–Kier alpha value is -1.18. The Morgan fingerprint density at radius 1 is 1.63 bits per heavy atom. The van der Waals surface area contributed by atoms with Crippen LogP contribution in [0.15, 0.2) is 22.7 Å². The quantitative estimate of drug-likeness (QED) is 0.677. The second-order valence-electron chi connectivity index (χ2n) is 4.53. The summed E-state index contributed by atoms with van der Waals surface area (Å²) in [6.45, 7) is 3.07. The van der Waals surface area contributed by atoms with Crippen molar-refractivity contribution in [1.82, 2.24) is 0 Å². The Bertz CT molecular complexity index is 483. The van der Waals surface area contributed by atoms with E-state index in [4.69, 9.17) is 4.74 Å². The third-order valence-electron chi connectivity index (χ3n) is 3.16. The van der Waals surface area contributed by atoms with Gasteiger partial charge in [0.05, 0.1) is 29.9 Å². The SMILES string of the molecule is CC1COC(CO)CN1c1ccc([N+](=O)[O-])cc1Br. The third-order valence-corrected chi connectivity index (χ3v) is 3.80. The lowest BCUT2D eigenvalue weighted by Gasteiger charge is -2.39. The monoisotopic (exact) mass is 330 g/mol. The fourth-order valence-corrected chi connectivity index (χ4v) is 2.70. The average molecular weight is 331 g/mol. The minimum absolute atomic E-state index is 0.0339. The van der Waals surface area contributed by atoms with Crippen molar-refractivity contribution < 1.29 is 14.8 Å². The first-order chi connectivity index (χ1) is 9.02. The minimum atomic E-state index is -0.423. The van der Waals surface area contributed by atoms with Crippen molar-refractivity contribution in [3.8, 4) is 0 Å². The van der Waals surface area contributed by atoms with E-state index in [9.17, 15) is 15.2 Å². The van der Waals surface area contributed by atoms with Crippen LogP contribution in [0.2, 0.25) is 0 Å². The summed E-state index contributed by atoms with van der Waals surface area (Å²) in [5, 5.41) is 19.9. The molecule has 2 unspecified atom stereocenters. The molecule has 1 aromatic carbocycles. The van der Waals surface area contributed by atoms with Gasteiger partial charge in [-0.05, 0) is 28.9 Å². The molecule has 0 amide bonds. The number of halogens is 1. The summed E-state index contributed by atoms with van der Waals surface area (Å²) in [6, 6.07) is 4.85. The van der Waals surface area contributed by atoms with Crippen molar-refractivity contribution in [1.29, 1.82) is 0 Å². The molecule has 0 aromatic heterocycles. The van der Waals surface area contributed by atoms with Crippen LogP contribution in [0.5, 0.6) is 0 Å². The molecule has 0 spiro atoms. The van der Waals surface area contributed by atoms with Gasteiger partial charge < -0.3 is 14.7 Å². The predicted molar refractivity (Wildman–Crippen MR) is 74.4 cm³/mol. The summed E-state index contributed by atoms with van der Waals surface area (Å²) in [4.78, 5) is 12.4. The largest absolute Gasteiger partial charge is 0.394 e. The highest BCUT2D eigenvalue weighted by molar-refractivity contribution is 9.10. The first-order valence-electron chi connectivity index (χ1n) is 5.96. The van der Waals surface area contributed by atoms with Crippen LogP contribution in [-0.4, -0.2) is 41.9 Å². The highest BCUT2D eigenvalue weighted by Crippen LogP contribution is 2.32. The number of hydrogen-bond donors (Lipinski definition) is 1. The van der Waals surface area contributed by atoms with Gasteiger partial charge in [-0.1, -0.05) is 0 Å². The molecular weight excluding hydrogens is 316 g/mol. The van der Waals surface area contributed by atoms with E-state index in [0.717, 1.165) is 5.69 Å². The minimum Gasteiger partial charge on any atom is -0.394 e. The van der Waals surface area contributed by atoms with Gasteiger partial charge in [-0.25, -0.2) is 0 Å². The number of ether oxygens (including phenoxy) is 1. The normalized spacial score (nSPS) is 23.4. The Labute approximate surface area is 119 Å². The Balaban J connectivity index is 2.27. The van der Waals surface area contributed by atoms with Crippen molar-refractivity contribution in [2.24, 2.45) is 0 Å². The van der Waals surface area contributed by atoms with Gasteiger partial charge >= 0.3 is 0 Å². The summed E-state index contributed by atoms with van der Waals surface area (Å²) in [5.41, 5.74) is 0.926. The van der Waals surface area contributed by atoms with Gasteiger partial charge in [-0.3, -0.25) is 10.1 Å². The average Bonchev–Trinajstić information content (AvgIpc) is 2.39. The molecule has 0 saturated carbocycles. The second kappa shape index (κ2) is 5.85. The van der Waals surface area contributed by atoms with E-state index in [1.807, 2.05) is 6.92 Å². The predicted octanol–water partition coefficient (Wildman–Crippen LogP) is 1.94. The second-order valence-corrected chi connectivity index (χ2v) is 5.39. The van der Waals surface area contributed by atoms with Crippen LogP contribution in [0.4, 0.5) is 11.4 Å². The molecule has 1 fully saturated rings. The Morgan fingerprint density at radius 2 is 2.37 bits per heavy atom. The smallest absolute Gasteiger partial charge is 0.270 e. The van der Waals surface area contributed by atoms with Crippen LogP contribution in [0.3, 0.4) is 0 Å². The third kappa shape index (κ3) is 3.05. The highest BCUT2D eigenvalue weighted by atomic mass is 79.9. The Morgan fingerprint density at radius 3 is 2.95 bits per heavy atom. The summed E-state index contributed by atoms with van der Waals surface area (Å²) in [6.07, 6.45) is -0.224. The van der Waals surface area contributed by atoms with E-state index in [1.54, 1.807) is 6.07 Å². The summed E-state index contributed by atoms with van der Waals surface area (Å²) >= 11 is 3.37. The van der Waals surface area contributed by atoms with Crippen LogP contribution < -0.4 is 4.90 Å². The van der Waals surface area contributed by atoms with Crippen molar-refractivity contribution in [3.63, 3.8) is 0 Å². The zero-order valence-electron chi connectivity index (χ0n) is 10.5. The standard InChI is InChI=1S/C12H15BrN2O4/c1-8-7-19-10(6-16)5-14(8)12-3-2-9(15(17)18)4-11(12)13/h2-4,8,10,16H,5-7H2,1H3. The van der Waals surface area contributed by atoms with Crippen molar-refractivity contribution in [2.45, 2.75) is 19.1 Å². The molecule has 104 valence electrons. The maximum Gasteiger partial charge on any atom is 0.270 e. The number of nitrogens with zero attached hydrogens (tertiary/aromatic N) is 2. The summed E-state index contributed by atoms with van der Waals surface area (Å²) in [7, 11) is 0. The molecule has 7 heteroatoms. The number of nitro groups is 1. The number of aliphatic hydroxyl groups is 1. The molecule has 1 aliphatic heterocycles. The topological polar surface area (TPSA) is 75.8 Å². The van der Waals surface area contributed by atoms with Crippen LogP contribution in [-0.2, 0) is 4.74 Å². The van der Waals surface area contributed by atoms with Gasteiger partial charge in [0.25, 0.3) is 5.69 Å². The van der Waals surface area contributed by atoms with E-state index in [-0.39, 0.29) is 24.4 Å². The molecule has 1 aromatic rings. The number of nitro benzene ring substituents is 1. The van der Waals surface area contributed by atoms with Gasteiger partial charge in [0.2, 0.25) is 0 Å². The number of non-ortho nitro benzene ring substituents is 1. The number of rotatable bonds is 3. The van der Waals surface area contributed by atoms with Crippen LogP contribution in [0, 0.1) is 10.1 Å². The molecule has 0 radical (unpaired) electrons. The molecule has 6 nitrogen and oxygen atoms in total. The molecule has 1 heterocycles. The molecule has 0 aliphatic carbocycles. The molecule has 1 N–H and O–H groups in total. The fraction of sp³-hybridized carbons (Fsp3) is 0.500. The van der Waals surface area contributed by atoms with Crippen LogP contribution >= 0.6 is 15.9 Å². The zero-order chi connectivity index (χ0) is 14.0. The lowest BCUT2D eigenvalue weighted by Crippen LogP contribution is -2.49. The van der Waals surface area contributed by atoms with Gasteiger partial charge in [0.15, 0.2) is 0 Å². The summed E-state index contributed by atoms with van der Waals surface area (Å²) in [5.74, 6) is 0. The molecule has 0 bridgehead atoms. The van der Waals surface area contributed by atoms with Gasteiger partial charge in [0.1, 0.15) is 0 Å². The zero-order valence-corrected chi connectivity index (χ0v) is 12.0. The first kappa shape index (κ1) is 14.2. The van der Waals surface area contributed by atoms with E-state index < -0.39 is 4.92 Å². The van der Waals surface area contributed by atoms with E-state index in [1.165, 1.54) is 12.1 Å². The molecule has 19 heavy (non-hydrogen) atoms. The van der Waals surface area contributed by atoms with Gasteiger partial charge in [-0.15, -0.1) is 0 Å². The van der Waals surface area contributed by atoms with Gasteiger partial charge in [0, 0.05) is 29.2 Å². The van der Waals surface area contributed by atoms with Crippen LogP contribution in [0.1, 0.15) is 6.92 Å². The fourth-order valence-electron chi connectivity index (χ4n) is 2.11. The number of aliphatic hydroxyl groups excluding tert-OH is 1. The maximum atomic E-state index is 10.7. The molecule has 2 atom stereocenters. The van der Waals surface area contributed by atoms with Crippen LogP contribution in [0.25, 0.3) is 0 Å². The highest BCUT2D eigenvalue weighted by Gasteiger charge is 2.27. The van der Waals surface area contributed by atoms with E-state index in [2.05, 4.69) is 20.8 Å². The first-order valence-corrected chi connectivity index (χ1v) is 6.75. The lowest BCUT2D eigenvalue weighted by molar-refractivity contribution is -0.384. The number of morpholine rings is 1. The van der Waals surface area contributed by atoms with E-state index in [0.29, 0.717) is 17.6 Å². The summed E-state index contributed by atoms with van der Waals surface area (Å²) < 4.78 is 6.15. The van der Waals surface area contributed by atoms with Crippen molar-refractivity contribution in [3.05, 3.63) is 32.8 Å². The number of benzene rings is 1. The van der Waals surface area contributed by atoms with E-state index >= 15 is 0 Å². The van der Waals surface area contributed by atoms with Crippen molar-refractivity contribution >= 4 is 27.3 Å². The molecule has 2 rings (SSSR count). The Kier molecular flexibility index (Phi) is 4.38. The molecule has 1 aliphatic rings. The lowest BCUT2D eigenvalue weighted by atomic mass is 10.1. The van der Waals surface area contributed by atoms with Gasteiger partial charge in [-0.2, -0.15) is 0 Å². The number of anilines is 1.